The molecule has 1 fully saturated rings. The first-order chi connectivity index (χ1) is 17.7. The van der Waals surface area contributed by atoms with E-state index in [1.54, 1.807) is 12.5 Å². The molecule has 0 saturated heterocycles. The van der Waals surface area contributed by atoms with Crippen LogP contribution in [-0.2, 0) is 11.2 Å². The molecule has 1 aliphatic carbocycles. The van der Waals surface area contributed by atoms with Crippen LogP contribution in [0.2, 0.25) is 5.02 Å². The second-order valence-corrected chi connectivity index (χ2v) is 10.4. The molecule has 37 heavy (non-hydrogen) atoms. The molecule has 2 aliphatic rings. The lowest BCUT2D eigenvalue weighted by Crippen LogP contribution is -2.52. The number of rotatable bonds is 8. The molecule has 2 heterocycles. The molecule has 0 radical (unpaired) electrons. The van der Waals surface area contributed by atoms with Gasteiger partial charge in [-0.2, -0.15) is 0 Å². The van der Waals surface area contributed by atoms with Gasteiger partial charge in [0.2, 0.25) is 5.91 Å². The molecule has 3 atom stereocenters. The topological polar surface area (TPSA) is 88.4 Å². The number of halogens is 3. The zero-order valence-electron chi connectivity index (χ0n) is 20.4. The third-order valence-electron chi connectivity index (χ3n) is 7.18. The minimum atomic E-state index is -1.02. The first kappa shape index (κ1) is 25.6. The van der Waals surface area contributed by atoms with Crippen molar-refractivity contribution in [2.75, 3.05) is 6.54 Å². The maximum Gasteiger partial charge on any atom is 0.217 e. The molecule has 5 rings (SSSR count). The summed E-state index contributed by atoms with van der Waals surface area (Å²) in [5.41, 5.74) is 1.72. The third kappa shape index (κ3) is 5.63. The maximum atomic E-state index is 13.7. The molecule has 0 unspecified atom stereocenters. The summed E-state index contributed by atoms with van der Waals surface area (Å²) in [4.78, 5) is 16.0. The molecule has 3 N–H and O–H groups in total. The van der Waals surface area contributed by atoms with Gasteiger partial charge in [-0.3, -0.25) is 4.79 Å². The molecule has 1 spiro atoms. The Morgan fingerprint density at radius 1 is 1.27 bits per heavy atom. The van der Waals surface area contributed by atoms with Crippen molar-refractivity contribution in [3.05, 3.63) is 76.8 Å². The Kier molecular flexibility index (Phi) is 7.20. The van der Waals surface area contributed by atoms with E-state index in [4.69, 9.17) is 16.3 Å². The van der Waals surface area contributed by atoms with Crippen molar-refractivity contribution in [2.24, 2.45) is 0 Å². The Labute approximate surface area is 218 Å². The van der Waals surface area contributed by atoms with E-state index >= 15 is 0 Å². The maximum absolute atomic E-state index is 13.7. The zero-order valence-corrected chi connectivity index (χ0v) is 21.1. The number of carbonyl (C=O) groups is 1. The fourth-order valence-electron chi connectivity index (χ4n) is 5.30. The van der Waals surface area contributed by atoms with Crippen molar-refractivity contribution in [1.29, 1.82) is 0 Å². The number of hydrogen-bond acceptors (Lipinski definition) is 5. The average molecular weight is 531 g/mol. The molecule has 0 bridgehead atoms. The SMILES string of the molecule is CC(=O)N[C@@H](Cc1cc(F)cc(F)c1)[C@H](O)CN[C@H]1CC2(CCC2)Oc2c1cc(Cl)cc2-n1ccnc1. The van der Waals surface area contributed by atoms with Gasteiger partial charge in [0, 0.05) is 55.0 Å². The van der Waals surface area contributed by atoms with E-state index in [-0.39, 0.29) is 30.5 Å². The first-order valence-electron chi connectivity index (χ1n) is 12.4. The van der Waals surface area contributed by atoms with Gasteiger partial charge in [0.05, 0.1) is 24.2 Å². The van der Waals surface area contributed by atoms with E-state index in [9.17, 15) is 18.7 Å². The van der Waals surface area contributed by atoms with Gasteiger partial charge in [-0.1, -0.05) is 11.6 Å². The standard InChI is InChI=1S/C27H29ClF2N4O3/c1-16(35)33-22(9-17-7-19(29)12-20(30)8-17)25(36)14-32-23-13-27(3-2-4-27)37-26-21(23)10-18(28)11-24(26)34-6-5-31-15-34/h5-8,10-12,15,22-23,25,32,36H,2-4,9,13-14H2,1H3,(H,33,35)/t22-,23-,25+/m0/s1. The van der Waals surface area contributed by atoms with Gasteiger partial charge in [-0.25, -0.2) is 13.8 Å². The minimum Gasteiger partial charge on any atom is -0.485 e. The predicted molar refractivity (Wildman–Crippen MR) is 135 cm³/mol. The lowest BCUT2D eigenvalue weighted by molar-refractivity contribution is -0.120. The lowest BCUT2D eigenvalue weighted by Gasteiger charge is -2.48. The number of carbonyl (C=O) groups excluding carboxylic acids is 1. The van der Waals surface area contributed by atoms with Gasteiger partial charge in [-0.05, 0) is 55.5 Å². The smallest absolute Gasteiger partial charge is 0.217 e. The van der Waals surface area contributed by atoms with Crippen molar-refractivity contribution in [1.82, 2.24) is 20.2 Å². The van der Waals surface area contributed by atoms with E-state index in [1.165, 1.54) is 19.1 Å². The highest BCUT2D eigenvalue weighted by atomic mass is 35.5. The highest BCUT2D eigenvalue weighted by Crippen LogP contribution is 2.51. The van der Waals surface area contributed by atoms with Crippen molar-refractivity contribution in [3.63, 3.8) is 0 Å². The predicted octanol–water partition coefficient (Wildman–Crippen LogP) is 4.25. The fourth-order valence-corrected chi connectivity index (χ4v) is 5.52. The van der Waals surface area contributed by atoms with Crippen molar-refractivity contribution in [2.45, 2.75) is 62.8 Å². The van der Waals surface area contributed by atoms with Crippen LogP contribution in [0, 0.1) is 11.6 Å². The average Bonchev–Trinajstić information content (AvgIpc) is 3.34. The molecule has 1 saturated carbocycles. The van der Waals surface area contributed by atoms with Crippen LogP contribution in [0.5, 0.6) is 5.75 Å². The van der Waals surface area contributed by atoms with Crippen LogP contribution in [0.1, 0.15) is 49.8 Å². The second-order valence-electron chi connectivity index (χ2n) is 9.97. The molecule has 10 heteroatoms. The number of aliphatic hydroxyl groups excluding tert-OH is 1. The Morgan fingerprint density at radius 3 is 2.65 bits per heavy atom. The highest BCUT2D eigenvalue weighted by molar-refractivity contribution is 6.31. The Bertz CT molecular complexity index is 1260. The summed E-state index contributed by atoms with van der Waals surface area (Å²) in [7, 11) is 0. The first-order valence-corrected chi connectivity index (χ1v) is 12.7. The van der Waals surface area contributed by atoms with E-state index in [0.29, 0.717) is 17.0 Å². The molecule has 1 amide bonds. The number of aromatic nitrogens is 2. The van der Waals surface area contributed by atoms with Crippen LogP contribution in [0.25, 0.3) is 5.69 Å². The summed E-state index contributed by atoms with van der Waals surface area (Å²) >= 11 is 6.49. The largest absolute Gasteiger partial charge is 0.485 e. The number of nitrogens with zero attached hydrogens (tertiary/aromatic N) is 2. The number of benzene rings is 2. The summed E-state index contributed by atoms with van der Waals surface area (Å²) in [6.07, 6.45) is 7.90. The second kappa shape index (κ2) is 10.4. The molecule has 3 aromatic rings. The Balaban J connectivity index is 1.38. The summed E-state index contributed by atoms with van der Waals surface area (Å²) in [6, 6.07) is 5.99. The van der Waals surface area contributed by atoms with Crippen LogP contribution >= 0.6 is 11.6 Å². The molecular formula is C27H29ClF2N4O3. The van der Waals surface area contributed by atoms with Crippen LogP contribution < -0.4 is 15.4 Å². The van der Waals surface area contributed by atoms with E-state index < -0.39 is 23.8 Å². The number of nitrogens with one attached hydrogen (secondary N) is 2. The lowest BCUT2D eigenvalue weighted by atomic mass is 9.72. The number of amides is 1. The van der Waals surface area contributed by atoms with Crippen molar-refractivity contribution in [3.8, 4) is 11.4 Å². The number of imidazole rings is 1. The molecule has 2 aromatic carbocycles. The van der Waals surface area contributed by atoms with Crippen LogP contribution in [0.15, 0.2) is 49.1 Å². The zero-order chi connectivity index (χ0) is 26.2. The number of fused-ring (bicyclic) bond motifs is 1. The van der Waals surface area contributed by atoms with Gasteiger partial charge in [0.15, 0.2) is 0 Å². The minimum absolute atomic E-state index is 0.0714. The summed E-state index contributed by atoms with van der Waals surface area (Å²) < 4.78 is 35.9. The Hall–Kier alpha value is -3.01. The molecular weight excluding hydrogens is 502 g/mol. The van der Waals surface area contributed by atoms with Crippen LogP contribution in [0.3, 0.4) is 0 Å². The van der Waals surface area contributed by atoms with Crippen LogP contribution in [-0.4, -0.2) is 44.9 Å². The normalized spacial score (nSPS) is 19.4. The number of hydrogen-bond donors (Lipinski definition) is 3. The molecule has 1 aliphatic heterocycles. The molecule has 196 valence electrons. The van der Waals surface area contributed by atoms with Gasteiger partial charge < -0.3 is 25.0 Å². The van der Waals surface area contributed by atoms with Crippen LogP contribution in [0.4, 0.5) is 8.78 Å². The van der Waals surface area contributed by atoms with Gasteiger partial charge in [0.25, 0.3) is 0 Å². The summed E-state index contributed by atoms with van der Waals surface area (Å²) in [5, 5.41) is 17.8. The highest BCUT2D eigenvalue weighted by Gasteiger charge is 2.46. The quantitative estimate of drug-likeness (QED) is 0.405. The van der Waals surface area contributed by atoms with Gasteiger partial charge in [-0.15, -0.1) is 0 Å². The Morgan fingerprint density at radius 2 is 2.03 bits per heavy atom. The number of ether oxygens (including phenoxy) is 1. The van der Waals surface area contributed by atoms with Gasteiger partial charge >= 0.3 is 0 Å². The molecule has 7 nitrogen and oxygen atoms in total. The van der Waals surface area contributed by atoms with E-state index in [1.807, 2.05) is 22.9 Å². The monoisotopic (exact) mass is 530 g/mol. The van der Waals surface area contributed by atoms with Crippen molar-refractivity contribution < 1.29 is 23.4 Å². The summed E-state index contributed by atoms with van der Waals surface area (Å²) in [5.74, 6) is -1.03. The van der Waals surface area contributed by atoms with Crippen molar-refractivity contribution >= 4 is 17.5 Å². The van der Waals surface area contributed by atoms with E-state index in [2.05, 4.69) is 15.6 Å². The number of aliphatic hydroxyl groups is 1. The van der Waals surface area contributed by atoms with E-state index in [0.717, 1.165) is 42.3 Å². The third-order valence-corrected chi connectivity index (χ3v) is 7.40. The van der Waals surface area contributed by atoms with Gasteiger partial charge in [0.1, 0.15) is 23.0 Å². The summed E-state index contributed by atoms with van der Waals surface area (Å²) in [6.45, 7) is 1.48. The molecule has 1 aromatic heterocycles. The fraction of sp³-hybridized carbons (Fsp3) is 0.407.